The minimum absolute atomic E-state index is 0.417. The second-order valence-electron chi connectivity index (χ2n) is 7.04. The highest BCUT2D eigenvalue weighted by molar-refractivity contribution is 5.03. The highest BCUT2D eigenvalue weighted by Gasteiger charge is 2.46. The van der Waals surface area contributed by atoms with Crippen LogP contribution in [0.25, 0.3) is 0 Å². The van der Waals surface area contributed by atoms with Crippen LogP contribution in [0.1, 0.15) is 52.4 Å². The first-order valence-corrected chi connectivity index (χ1v) is 7.63. The average molecular weight is 236 g/mol. The average Bonchev–Trinajstić information content (AvgIpc) is 3.17. The van der Waals surface area contributed by atoms with Crippen molar-refractivity contribution in [3.05, 3.63) is 0 Å². The molecule has 0 bridgehead atoms. The van der Waals surface area contributed by atoms with Crippen molar-refractivity contribution in [2.24, 2.45) is 11.3 Å². The molecule has 3 fully saturated rings. The Hall–Kier alpha value is -0.0800. The Balaban J connectivity index is 1.63. The molecule has 2 aliphatic carbocycles. The first-order chi connectivity index (χ1) is 8.16. The van der Waals surface area contributed by atoms with Gasteiger partial charge in [0.05, 0.1) is 0 Å². The summed E-state index contributed by atoms with van der Waals surface area (Å²) in [4.78, 5) is 2.77. The molecule has 1 saturated heterocycles. The molecule has 0 aromatic carbocycles. The van der Waals surface area contributed by atoms with Crippen molar-refractivity contribution in [1.82, 2.24) is 10.2 Å². The minimum atomic E-state index is 0.417. The molecule has 0 spiro atoms. The van der Waals surface area contributed by atoms with E-state index in [1.54, 1.807) is 0 Å². The summed E-state index contributed by atoms with van der Waals surface area (Å²) in [7, 11) is 0. The van der Waals surface area contributed by atoms with Gasteiger partial charge in [0, 0.05) is 18.6 Å². The minimum Gasteiger partial charge on any atom is -0.310 e. The Kier molecular flexibility index (Phi) is 2.99. The topological polar surface area (TPSA) is 15.3 Å². The zero-order chi connectivity index (χ0) is 11.9. The van der Waals surface area contributed by atoms with E-state index in [1.807, 2.05) is 0 Å². The third-order valence-corrected chi connectivity index (χ3v) is 5.48. The van der Waals surface area contributed by atoms with Gasteiger partial charge in [-0.2, -0.15) is 0 Å². The maximum Gasteiger partial charge on any atom is 0.0308 e. The molecule has 3 aliphatic rings. The number of hydrogen-bond donors (Lipinski definition) is 1. The van der Waals surface area contributed by atoms with Crippen LogP contribution in [0.3, 0.4) is 0 Å². The van der Waals surface area contributed by atoms with Crippen LogP contribution < -0.4 is 5.32 Å². The SMILES string of the molecule is CCC1(CN2CCCNC(C)(C3CC3)C2)CC1. The number of hydrogen-bond acceptors (Lipinski definition) is 2. The smallest absolute Gasteiger partial charge is 0.0308 e. The van der Waals surface area contributed by atoms with Crippen LogP contribution in [0.2, 0.25) is 0 Å². The zero-order valence-electron chi connectivity index (χ0n) is 11.6. The fourth-order valence-electron chi connectivity index (χ4n) is 3.68. The van der Waals surface area contributed by atoms with E-state index in [-0.39, 0.29) is 0 Å². The quantitative estimate of drug-likeness (QED) is 0.807. The molecule has 0 aromatic rings. The van der Waals surface area contributed by atoms with E-state index in [1.165, 1.54) is 64.7 Å². The largest absolute Gasteiger partial charge is 0.310 e. The van der Waals surface area contributed by atoms with Gasteiger partial charge in [0.25, 0.3) is 0 Å². The van der Waals surface area contributed by atoms with Gasteiger partial charge in [-0.15, -0.1) is 0 Å². The first-order valence-electron chi connectivity index (χ1n) is 7.63. The van der Waals surface area contributed by atoms with E-state index in [0.717, 1.165) is 11.3 Å². The summed E-state index contributed by atoms with van der Waals surface area (Å²) in [5.41, 5.74) is 1.13. The highest BCUT2D eigenvalue weighted by Crippen LogP contribution is 2.49. The monoisotopic (exact) mass is 236 g/mol. The molecule has 1 unspecified atom stereocenters. The fourth-order valence-corrected chi connectivity index (χ4v) is 3.68. The molecule has 0 amide bonds. The van der Waals surface area contributed by atoms with Gasteiger partial charge in [-0.05, 0) is 69.9 Å². The molecule has 2 saturated carbocycles. The lowest BCUT2D eigenvalue weighted by molar-refractivity contribution is 0.168. The van der Waals surface area contributed by atoms with Crippen LogP contribution in [0, 0.1) is 11.3 Å². The van der Waals surface area contributed by atoms with Crippen molar-refractivity contribution >= 4 is 0 Å². The van der Waals surface area contributed by atoms with Crippen molar-refractivity contribution in [3.63, 3.8) is 0 Å². The van der Waals surface area contributed by atoms with E-state index < -0.39 is 0 Å². The fraction of sp³-hybridized carbons (Fsp3) is 1.00. The normalized spacial score (nSPS) is 37.8. The zero-order valence-corrected chi connectivity index (χ0v) is 11.6. The van der Waals surface area contributed by atoms with Crippen molar-refractivity contribution in [2.45, 2.75) is 57.9 Å². The van der Waals surface area contributed by atoms with Gasteiger partial charge < -0.3 is 10.2 Å². The van der Waals surface area contributed by atoms with E-state index >= 15 is 0 Å². The van der Waals surface area contributed by atoms with Crippen LogP contribution in [0.5, 0.6) is 0 Å². The van der Waals surface area contributed by atoms with Crippen molar-refractivity contribution in [2.75, 3.05) is 26.2 Å². The van der Waals surface area contributed by atoms with Gasteiger partial charge in [0.15, 0.2) is 0 Å². The highest BCUT2D eigenvalue weighted by atomic mass is 15.2. The van der Waals surface area contributed by atoms with E-state index in [2.05, 4.69) is 24.1 Å². The molecule has 1 heterocycles. The number of rotatable bonds is 4. The van der Waals surface area contributed by atoms with Crippen molar-refractivity contribution in [1.29, 1.82) is 0 Å². The summed E-state index contributed by atoms with van der Waals surface area (Å²) < 4.78 is 0. The number of nitrogens with one attached hydrogen (secondary N) is 1. The van der Waals surface area contributed by atoms with Crippen molar-refractivity contribution < 1.29 is 0 Å². The van der Waals surface area contributed by atoms with Gasteiger partial charge in [-0.1, -0.05) is 6.92 Å². The second kappa shape index (κ2) is 4.24. The number of nitrogens with zero attached hydrogens (tertiary/aromatic N) is 1. The third-order valence-electron chi connectivity index (χ3n) is 5.48. The molecule has 3 rings (SSSR count). The lowest BCUT2D eigenvalue weighted by Crippen LogP contribution is -2.51. The summed E-state index contributed by atoms with van der Waals surface area (Å²) in [5.74, 6) is 0.958. The molecule has 0 aromatic heterocycles. The maximum absolute atomic E-state index is 3.83. The van der Waals surface area contributed by atoms with Crippen LogP contribution in [0.4, 0.5) is 0 Å². The summed E-state index contributed by atoms with van der Waals surface area (Å²) in [6, 6.07) is 0. The predicted octanol–water partition coefficient (Wildman–Crippen LogP) is 2.64. The molecule has 17 heavy (non-hydrogen) atoms. The standard InChI is InChI=1S/C15H28N2/c1-3-15(7-8-15)12-17-10-4-9-16-14(2,11-17)13-5-6-13/h13,16H,3-12H2,1-2H3. The summed E-state index contributed by atoms with van der Waals surface area (Å²) >= 11 is 0. The second-order valence-corrected chi connectivity index (χ2v) is 7.04. The predicted molar refractivity (Wildman–Crippen MR) is 72.1 cm³/mol. The lowest BCUT2D eigenvalue weighted by atomic mass is 9.94. The molecule has 1 N–H and O–H groups in total. The summed E-state index contributed by atoms with van der Waals surface area (Å²) in [6.07, 6.45) is 8.59. The van der Waals surface area contributed by atoms with Gasteiger partial charge in [-0.25, -0.2) is 0 Å². The Morgan fingerprint density at radius 1 is 1.29 bits per heavy atom. The molecule has 0 radical (unpaired) electrons. The van der Waals surface area contributed by atoms with Crippen LogP contribution in [-0.2, 0) is 0 Å². The molecule has 1 atom stereocenters. The lowest BCUT2D eigenvalue weighted by Gasteiger charge is -2.35. The summed E-state index contributed by atoms with van der Waals surface area (Å²) in [5, 5.41) is 3.83. The van der Waals surface area contributed by atoms with Crippen LogP contribution in [0.15, 0.2) is 0 Å². The van der Waals surface area contributed by atoms with Crippen molar-refractivity contribution in [3.8, 4) is 0 Å². The Labute approximate surface area is 106 Å². The van der Waals surface area contributed by atoms with Gasteiger partial charge in [0.1, 0.15) is 0 Å². The Bertz CT molecular complexity index is 281. The Morgan fingerprint density at radius 3 is 2.65 bits per heavy atom. The molecular formula is C15H28N2. The van der Waals surface area contributed by atoms with E-state index in [4.69, 9.17) is 0 Å². The first kappa shape index (κ1) is 12.0. The molecule has 2 nitrogen and oxygen atoms in total. The molecule has 2 heteroatoms. The van der Waals surface area contributed by atoms with Gasteiger partial charge in [-0.3, -0.25) is 0 Å². The third kappa shape index (κ3) is 2.53. The van der Waals surface area contributed by atoms with Crippen LogP contribution >= 0.6 is 0 Å². The summed E-state index contributed by atoms with van der Waals surface area (Å²) in [6.45, 7) is 10.0. The molecule has 1 aliphatic heterocycles. The van der Waals surface area contributed by atoms with E-state index in [9.17, 15) is 0 Å². The van der Waals surface area contributed by atoms with E-state index in [0.29, 0.717) is 5.54 Å². The molecular weight excluding hydrogens is 208 g/mol. The van der Waals surface area contributed by atoms with Gasteiger partial charge >= 0.3 is 0 Å². The Morgan fingerprint density at radius 2 is 2.06 bits per heavy atom. The maximum atomic E-state index is 3.83. The van der Waals surface area contributed by atoms with Crippen LogP contribution in [-0.4, -0.2) is 36.6 Å². The van der Waals surface area contributed by atoms with Gasteiger partial charge in [0.2, 0.25) is 0 Å². The molecule has 98 valence electrons.